The van der Waals surface area contributed by atoms with Crippen molar-refractivity contribution in [1.29, 1.82) is 0 Å². The zero-order chi connectivity index (χ0) is 70.6. The first-order chi connectivity index (χ1) is 46.3. The molecule has 12 N–H and O–H groups in total. The molecule has 0 spiro atoms. The zero-order valence-electron chi connectivity index (χ0n) is 52.7. The lowest BCUT2D eigenvalue weighted by Gasteiger charge is -2.46. The molecule has 524 valence electrons. The molecular weight excluding hydrogens is 1320 g/mol. The van der Waals surface area contributed by atoms with Gasteiger partial charge in [-0.05, 0) is 108 Å². The molecule has 5 aromatic rings. The average Bonchev–Trinajstić information content (AvgIpc) is 0.779. The molecular formula is C67H77F4N5O19S2. The van der Waals surface area contributed by atoms with Crippen molar-refractivity contribution in [1.82, 2.24) is 26.6 Å². The molecule has 24 nitrogen and oxygen atoms in total. The number of carbonyl (C=O) groups is 8. The van der Waals surface area contributed by atoms with E-state index in [0.29, 0.717) is 53.3 Å². The van der Waals surface area contributed by atoms with Crippen molar-refractivity contribution in [2.45, 2.75) is 125 Å². The van der Waals surface area contributed by atoms with Gasteiger partial charge in [-0.3, -0.25) is 33.6 Å². The largest absolute Gasteiger partial charge is 0.477 e. The molecule has 0 radical (unpaired) electrons. The summed E-state index contributed by atoms with van der Waals surface area (Å²) >= 11 is 2.90. The van der Waals surface area contributed by atoms with Gasteiger partial charge in [0.1, 0.15) is 47.7 Å². The highest BCUT2D eigenvalue weighted by molar-refractivity contribution is 7.99. The van der Waals surface area contributed by atoms with Crippen molar-refractivity contribution in [2.75, 3.05) is 55.9 Å². The van der Waals surface area contributed by atoms with Crippen LogP contribution in [0.1, 0.15) is 93.8 Å². The lowest BCUT2D eigenvalue weighted by atomic mass is 9.88. The number of hydrogen-bond donors (Lipinski definition) is 12. The molecule has 5 amide bonds. The molecule has 0 unspecified atom stereocenters. The van der Waals surface area contributed by atoms with Crippen LogP contribution >= 0.6 is 23.5 Å². The third-order valence-corrected chi connectivity index (χ3v) is 18.1. The van der Waals surface area contributed by atoms with Gasteiger partial charge in [0.25, 0.3) is 23.5 Å². The predicted octanol–water partition coefficient (Wildman–Crippen LogP) is 3.84. The van der Waals surface area contributed by atoms with Crippen molar-refractivity contribution < 1.29 is 111 Å². The van der Waals surface area contributed by atoms with Gasteiger partial charge < -0.3 is 81.3 Å². The topological polar surface area (TPSA) is 375 Å². The summed E-state index contributed by atoms with van der Waals surface area (Å²) in [7, 11) is 0. The summed E-state index contributed by atoms with van der Waals surface area (Å²) in [4.78, 5) is 101. The maximum atomic E-state index is 14.3. The highest BCUT2D eigenvalue weighted by Gasteiger charge is 2.56. The van der Waals surface area contributed by atoms with Gasteiger partial charge in [0.15, 0.2) is 12.1 Å². The number of rotatable bonds is 35. The first-order valence-corrected chi connectivity index (χ1v) is 33.3. The smallest absolute Gasteiger partial charge is 0.364 e. The number of aldehydes is 1. The van der Waals surface area contributed by atoms with Crippen LogP contribution < -0.4 is 26.6 Å². The number of thioether (sulfide) groups is 2. The number of ketones is 1. The fraction of sp³-hybridized carbons (Fsp3) is 0.433. The molecule has 5 aromatic carbocycles. The van der Waals surface area contributed by atoms with Crippen LogP contribution in [0.25, 0.3) is 22.3 Å². The first-order valence-electron chi connectivity index (χ1n) is 31.0. The minimum Gasteiger partial charge on any atom is -0.477 e. The number of carboxylic acids is 1. The van der Waals surface area contributed by atoms with Gasteiger partial charge in [0.2, 0.25) is 17.6 Å². The van der Waals surface area contributed by atoms with Crippen molar-refractivity contribution in [3.63, 3.8) is 0 Å². The number of nitrogens with one attached hydrogen (secondary N) is 5. The standard InChI is InChI=1S/C67H77F4N5O19S2/c1-37(78)75-56-50(81)32-66(36-77,94-60(56)58(85)52(83)34-73-63(88)43-21-15-40(16-22-43)54-45(68)8-3-9-46(54)69)92-26-6-30-97-31-25-72-62(87)42-19-13-39(14-20-42)49(80)12-5-28-96-29-7-27-93-67(65(90)91)33-51(82)57(76-38(2)79)61(95-67)59(86)53(84)35-74-64(89)44-23-17-41(18-24-44)55-47(70)10-4-11-48(55)71/h3-4,8-11,13-24,36,50-53,56-61,81-86H,5-7,12,25-35H2,1-2H3,(H,72,87)(H,73,88)(H,74,89)(H,75,78)(H,76,79)(H,90,91)/t50-,51-,52+,53+,56+,57+,58+,59+,60+,61+,66+,67+/m0/s1. The molecule has 2 aliphatic heterocycles. The number of amides is 5. The van der Waals surface area contributed by atoms with Crippen LogP contribution in [-0.2, 0) is 38.1 Å². The second kappa shape index (κ2) is 36.2. The van der Waals surface area contributed by atoms with Crippen LogP contribution in [0.5, 0.6) is 0 Å². The van der Waals surface area contributed by atoms with Crippen molar-refractivity contribution in [3.05, 3.63) is 155 Å². The number of aliphatic hydroxyl groups is 6. The molecule has 2 saturated heterocycles. The Morgan fingerprint density at radius 1 is 0.557 bits per heavy atom. The van der Waals surface area contributed by atoms with E-state index in [-0.39, 0.29) is 77.7 Å². The molecule has 2 heterocycles. The van der Waals surface area contributed by atoms with Crippen molar-refractivity contribution in [2.24, 2.45) is 0 Å². The highest BCUT2D eigenvalue weighted by Crippen LogP contribution is 2.36. The Labute approximate surface area is 563 Å². The Morgan fingerprint density at radius 3 is 1.41 bits per heavy atom. The summed E-state index contributed by atoms with van der Waals surface area (Å²) in [6.07, 6.45) is -13.6. The number of carboxylic acid groups (broad SMARTS) is 1. The fourth-order valence-electron chi connectivity index (χ4n) is 10.9. The van der Waals surface area contributed by atoms with E-state index in [0.717, 1.165) is 38.1 Å². The monoisotopic (exact) mass is 1400 g/mol. The number of benzene rings is 5. The number of halogens is 4. The van der Waals surface area contributed by atoms with Gasteiger partial charge in [-0.15, -0.1) is 0 Å². The van der Waals surface area contributed by atoms with E-state index in [1.54, 1.807) is 12.1 Å². The van der Waals surface area contributed by atoms with Crippen LogP contribution in [0, 0.1) is 23.3 Å². The van der Waals surface area contributed by atoms with Crippen LogP contribution in [0.3, 0.4) is 0 Å². The summed E-state index contributed by atoms with van der Waals surface area (Å²) in [6, 6.07) is 20.7. The minimum atomic E-state index is -2.54. The van der Waals surface area contributed by atoms with E-state index in [9.17, 15) is 91.7 Å². The lowest BCUT2D eigenvalue weighted by Crippen LogP contribution is -2.68. The second-order valence-corrected chi connectivity index (χ2v) is 25.5. The van der Waals surface area contributed by atoms with E-state index < -0.39 is 151 Å². The van der Waals surface area contributed by atoms with Crippen LogP contribution in [-0.4, -0.2) is 212 Å². The molecule has 97 heavy (non-hydrogen) atoms. The number of hydrogen-bond acceptors (Lipinski definition) is 20. The lowest BCUT2D eigenvalue weighted by molar-refractivity contribution is -0.310. The number of ether oxygens (including phenoxy) is 4. The van der Waals surface area contributed by atoms with E-state index >= 15 is 0 Å². The summed E-state index contributed by atoms with van der Waals surface area (Å²) < 4.78 is 80.5. The Kier molecular flexibility index (Phi) is 28.6. The van der Waals surface area contributed by atoms with Crippen LogP contribution in [0.2, 0.25) is 0 Å². The van der Waals surface area contributed by atoms with E-state index in [1.807, 2.05) is 0 Å². The van der Waals surface area contributed by atoms with Gasteiger partial charge in [0.05, 0.1) is 60.8 Å². The molecule has 0 bridgehead atoms. The van der Waals surface area contributed by atoms with Gasteiger partial charge >= 0.3 is 5.97 Å². The van der Waals surface area contributed by atoms with Crippen molar-refractivity contribution in [3.8, 4) is 22.3 Å². The number of carbonyl (C=O) groups excluding carboxylic acids is 7. The molecule has 0 aromatic heterocycles. The third-order valence-electron chi connectivity index (χ3n) is 15.9. The van der Waals surface area contributed by atoms with E-state index in [2.05, 4.69) is 26.6 Å². The molecule has 0 saturated carbocycles. The maximum Gasteiger partial charge on any atom is 0.364 e. The van der Waals surface area contributed by atoms with E-state index in [4.69, 9.17) is 18.9 Å². The summed E-state index contributed by atoms with van der Waals surface area (Å²) in [5.74, 6) is -10.9. The predicted molar refractivity (Wildman–Crippen MR) is 346 cm³/mol. The Bertz CT molecular complexity index is 3490. The highest BCUT2D eigenvalue weighted by atomic mass is 32.2. The summed E-state index contributed by atoms with van der Waals surface area (Å²) in [5, 5.41) is 89.7. The normalized spacial score (nSPS) is 22.0. The Hall–Kier alpha value is -7.72. The fourth-order valence-corrected chi connectivity index (χ4v) is 12.5. The molecule has 0 aliphatic carbocycles. The van der Waals surface area contributed by atoms with Gasteiger partial charge in [-0.1, -0.05) is 48.5 Å². The Morgan fingerprint density at radius 2 is 0.959 bits per heavy atom. The Balaban J connectivity index is 0.772. The zero-order valence-corrected chi connectivity index (χ0v) is 54.3. The van der Waals surface area contributed by atoms with Crippen LogP contribution in [0.15, 0.2) is 109 Å². The number of aliphatic hydroxyl groups excluding tert-OH is 6. The molecule has 2 fully saturated rings. The molecule has 30 heteroatoms. The number of aliphatic carboxylic acids is 1. The number of Topliss-reactive ketones (excluding diaryl/α,β-unsaturated/α-hetero) is 1. The first kappa shape index (κ1) is 76.6. The second-order valence-electron chi connectivity index (χ2n) is 23.0. The van der Waals surface area contributed by atoms with Crippen molar-refractivity contribution >= 4 is 71.1 Å². The van der Waals surface area contributed by atoms with Gasteiger partial charge in [-0.2, -0.15) is 23.5 Å². The molecule has 7 rings (SSSR count). The molecule has 2 aliphatic rings. The summed E-state index contributed by atoms with van der Waals surface area (Å²) in [5.41, 5.74) is 0.532. The quantitative estimate of drug-likeness (QED) is 0.0119. The molecule has 12 atom stereocenters. The van der Waals surface area contributed by atoms with Crippen LogP contribution in [0.4, 0.5) is 17.6 Å². The van der Waals surface area contributed by atoms with Gasteiger partial charge in [0, 0.05) is 80.8 Å². The average molecular weight is 1400 g/mol. The maximum absolute atomic E-state index is 14.3. The summed E-state index contributed by atoms with van der Waals surface area (Å²) in [6.45, 7) is 1.05. The van der Waals surface area contributed by atoms with E-state index in [1.165, 1.54) is 96.3 Å². The minimum absolute atomic E-state index is 0.0279. The van der Waals surface area contributed by atoms with Gasteiger partial charge in [-0.25, -0.2) is 22.4 Å². The SMILES string of the molecule is CC(=O)N[C@H]1[C@H]([C@H](O)[C@H](O)CNC(=O)c2ccc(-c3c(F)cccc3F)cc2)O[C@](C=O)(OCCCSCCNC(=O)c2ccc(C(=O)CCCSCCCO[C@]3(C(=O)O)C[C@H](O)[C@@H](NC(C)=O)[C@H]([C@H](O)[C@H](O)CNC(=O)c4ccc(-c5c(F)cccc5F)cc4)O3)cc2)C[C@@H]1O. The third kappa shape index (κ3) is 20.9.